The van der Waals surface area contributed by atoms with E-state index in [0.717, 1.165) is 0 Å². The predicted molar refractivity (Wildman–Crippen MR) is 46.8 cm³/mol. The Bertz CT molecular complexity index is 346. The largest absolute Gasteiger partial charge is 0.362 e. The van der Waals surface area contributed by atoms with Crippen LogP contribution in [0.3, 0.4) is 0 Å². The summed E-state index contributed by atoms with van der Waals surface area (Å²) in [7, 11) is 1.36. The Kier molecular flexibility index (Phi) is 3.55. The molecule has 0 aliphatic heterocycles. The lowest BCUT2D eigenvalue weighted by molar-refractivity contribution is 0.143. The Labute approximate surface area is 80.7 Å². The molecular weight excluding hydrogens is 188 g/mol. The molecule has 2 nitrogen and oxygen atoms in total. The van der Waals surface area contributed by atoms with Gasteiger partial charge in [0.1, 0.15) is 0 Å². The van der Waals surface area contributed by atoms with Gasteiger partial charge in [-0.1, -0.05) is 18.2 Å². The third-order valence-electron chi connectivity index (χ3n) is 1.82. The number of benzene rings is 1. The molecule has 1 rings (SSSR count). The van der Waals surface area contributed by atoms with E-state index in [0.29, 0.717) is 5.56 Å². The molecule has 1 aromatic carbocycles. The van der Waals surface area contributed by atoms with Crippen LogP contribution in [0.2, 0.25) is 0 Å². The maximum absolute atomic E-state index is 12.3. The highest BCUT2D eigenvalue weighted by Gasteiger charge is 2.12. The van der Waals surface area contributed by atoms with Gasteiger partial charge < -0.3 is 4.74 Å². The first-order chi connectivity index (χ1) is 6.69. The van der Waals surface area contributed by atoms with Crippen LogP contribution in [0, 0.1) is 11.3 Å². The van der Waals surface area contributed by atoms with Crippen molar-refractivity contribution in [2.45, 2.75) is 12.5 Å². The van der Waals surface area contributed by atoms with E-state index in [1.165, 1.54) is 25.3 Å². The molecule has 0 amide bonds. The van der Waals surface area contributed by atoms with Gasteiger partial charge in [-0.25, -0.2) is 8.78 Å². The molecule has 0 saturated heterocycles. The number of nitriles is 1. The van der Waals surface area contributed by atoms with Crippen molar-refractivity contribution in [2.75, 3.05) is 7.11 Å². The third-order valence-corrected chi connectivity index (χ3v) is 1.82. The molecule has 0 N–H and O–H groups in total. The molecule has 0 heterocycles. The summed E-state index contributed by atoms with van der Waals surface area (Å²) in [5, 5.41) is 8.65. The smallest absolute Gasteiger partial charge is 0.263 e. The maximum Gasteiger partial charge on any atom is 0.263 e. The number of ether oxygens (including phenoxy) is 1. The summed E-state index contributed by atoms with van der Waals surface area (Å²) < 4.78 is 29.4. The number of methoxy groups -OCH3 is 1. The SMILES string of the molecule is COC(C#N)c1cccc(C(F)F)c1. The number of hydrogen-bond acceptors (Lipinski definition) is 2. The van der Waals surface area contributed by atoms with Crippen LogP contribution in [-0.2, 0) is 4.74 Å². The zero-order valence-electron chi connectivity index (χ0n) is 7.58. The lowest BCUT2D eigenvalue weighted by Crippen LogP contribution is -1.98. The molecule has 0 radical (unpaired) electrons. The molecule has 0 bridgehead atoms. The molecular formula is C10H9F2NO. The van der Waals surface area contributed by atoms with E-state index < -0.39 is 12.5 Å². The second-order valence-electron chi connectivity index (χ2n) is 2.72. The van der Waals surface area contributed by atoms with Gasteiger partial charge in [-0.15, -0.1) is 0 Å². The van der Waals surface area contributed by atoms with Gasteiger partial charge in [0.25, 0.3) is 6.43 Å². The van der Waals surface area contributed by atoms with E-state index in [9.17, 15) is 8.78 Å². The first-order valence-electron chi connectivity index (χ1n) is 3.99. The summed E-state index contributed by atoms with van der Waals surface area (Å²) in [6, 6.07) is 7.54. The normalized spacial score (nSPS) is 12.5. The van der Waals surface area contributed by atoms with Gasteiger partial charge >= 0.3 is 0 Å². The number of hydrogen-bond donors (Lipinski definition) is 0. The molecule has 1 aromatic rings. The van der Waals surface area contributed by atoms with E-state index in [2.05, 4.69) is 0 Å². The summed E-state index contributed by atoms with van der Waals surface area (Å²) >= 11 is 0. The fourth-order valence-corrected chi connectivity index (χ4v) is 1.12. The van der Waals surface area contributed by atoms with Crippen LogP contribution in [0.5, 0.6) is 0 Å². The van der Waals surface area contributed by atoms with Crippen LogP contribution in [0.4, 0.5) is 8.78 Å². The van der Waals surface area contributed by atoms with Gasteiger partial charge in [0.05, 0.1) is 6.07 Å². The second kappa shape index (κ2) is 4.68. The summed E-state index contributed by atoms with van der Waals surface area (Å²) in [6.07, 6.45) is -3.31. The van der Waals surface area contributed by atoms with Crippen molar-refractivity contribution in [1.82, 2.24) is 0 Å². The number of rotatable bonds is 3. The molecule has 0 aliphatic carbocycles. The summed E-state index contributed by atoms with van der Waals surface area (Å²) in [5.74, 6) is 0. The Hall–Kier alpha value is -1.47. The van der Waals surface area contributed by atoms with Crippen LogP contribution in [-0.4, -0.2) is 7.11 Å². The van der Waals surface area contributed by atoms with Crippen molar-refractivity contribution in [2.24, 2.45) is 0 Å². The lowest BCUT2D eigenvalue weighted by atomic mass is 10.1. The topological polar surface area (TPSA) is 33.0 Å². The first kappa shape index (κ1) is 10.6. The van der Waals surface area contributed by atoms with Gasteiger partial charge in [-0.05, 0) is 11.6 Å². The van der Waals surface area contributed by atoms with Crippen LogP contribution in [0.25, 0.3) is 0 Å². The fraction of sp³-hybridized carbons (Fsp3) is 0.300. The van der Waals surface area contributed by atoms with Crippen LogP contribution in [0.15, 0.2) is 24.3 Å². The van der Waals surface area contributed by atoms with Crippen LogP contribution < -0.4 is 0 Å². The van der Waals surface area contributed by atoms with Crippen molar-refractivity contribution < 1.29 is 13.5 Å². The highest BCUT2D eigenvalue weighted by molar-refractivity contribution is 5.28. The van der Waals surface area contributed by atoms with Gasteiger partial charge in [0.15, 0.2) is 6.10 Å². The molecule has 74 valence electrons. The number of nitrogens with zero attached hydrogens (tertiary/aromatic N) is 1. The molecule has 0 fully saturated rings. The van der Waals surface area contributed by atoms with Crippen molar-refractivity contribution in [3.63, 3.8) is 0 Å². The second-order valence-corrected chi connectivity index (χ2v) is 2.72. The van der Waals surface area contributed by atoms with Gasteiger partial charge in [-0.2, -0.15) is 5.26 Å². The average molecular weight is 197 g/mol. The standard InChI is InChI=1S/C10H9F2NO/c1-14-9(6-13)7-3-2-4-8(5-7)10(11)12/h2-5,9-10H,1H3. The molecule has 0 aliphatic rings. The average Bonchev–Trinajstić information content (AvgIpc) is 2.20. The minimum absolute atomic E-state index is 0.0974. The molecule has 14 heavy (non-hydrogen) atoms. The monoisotopic (exact) mass is 197 g/mol. The molecule has 1 unspecified atom stereocenters. The van der Waals surface area contributed by atoms with Crippen molar-refractivity contribution >= 4 is 0 Å². The molecule has 0 aromatic heterocycles. The van der Waals surface area contributed by atoms with E-state index in [1.54, 1.807) is 6.07 Å². The molecule has 0 saturated carbocycles. The minimum Gasteiger partial charge on any atom is -0.362 e. The molecule has 4 heteroatoms. The quantitative estimate of drug-likeness (QED) is 0.746. The number of alkyl halides is 2. The van der Waals surface area contributed by atoms with E-state index in [4.69, 9.17) is 10.00 Å². The van der Waals surface area contributed by atoms with E-state index >= 15 is 0 Å². The lowest BCUT2D eigenvalue weighted by Gasteiger charge is -2.08. The first-order valence-corrected chi connectivity index (χ1v) is 3.99. The van der Waals surface area contributed by atoms with E-state index in [-0.39, 0.29) is 5.56 Å². The Morgan fingerprint density at radius 3 is 2.50 bits per heavy atom. The zero-order valence-corrected chi connectivity index (χ0v) is 7.58. The van der Waals surface area contributed by atoms with Crippen molar-refractivity contribution in [1.29, 1.82) is 5.26 Å². The molecule has 0 spiro atoms. The fourth-order valence-electron chi connectivity index (χ4n) is 1.12. The minimum atomic E-state index is -2.52. The van der Waals surface area contributed by atoms with Crippen molar-refractivity contribution in [3.8, 4) is 6.07 Å². The van der Waals surface area contributed by atoms with Gasteiger partial charge in [0.2, 0.25) is 0 Å². The Morgan fingerprint density at radius 1 is 1.36 bits per heavy atom. The number of halogens is 2. The maximum atomic E-state index is 12.3. The summed E-state index contributed by atoms with van der Waals surface area (Å²) in [6.45, 7) is 0. The Morgan fingerprint density at radius 2 is 2.00 bits per heavy atom. The van der Waals surface area contributed by atoms with Crippen LogP contribution in [0.1, 0.15) is 23.7 Å². The molecule has 1 atom stereocenters. The predicted octanol–water partition coefficient (Wildman–Crippen LogP) is 2.84. The van der Waals surface area contributed by atoms with Crippen LogP contribution >= 0.6 is 0 Å². The summed E-state index contributed by atoms with van der Waals surface area (Å²) in [4.78, 5) is 0. The highest BCUT2D eigenvalue weighted by atomic mass is 19.3. The van der Waals surface area contributed by atoms with E-state index in [1.807, 2.05) is 6.07 Å². The Balaban J connectivity index is 3.00. The third kappa shape index (κ3) is 2.27. The van der Waals surface area contributed by atoms with Crippen molar-refractivity contribution in [3.05, 3.63) is 35.4 Å². The zero-order chi connectivity index (χ0) is 10.6. The highest BCUT2D eigenvalue weighted by Crippen LogP contribution is 2.23. The summed E-state index contributed by atoms with van der Waals surface area (Å²) in [5.41, 5.74) is 0.354. The van der Waals surface area contributed by atoms with Gasteiger partial charge in [-0.3, -0.25) is 0 Å². The van der Waals surface area contributed by atoms with Gasteiger partial charge in [0, 0.05) is 12.7 Å².